The Bertz CT molecular complexity index is 768. The maximum atomic E-state index is 13.1. The zero-order valence-electron chi connectivity index (χ0n) is 15.4. The molecule has 0 radical (unpaired) electrons. The molecule has 4 rings (SSSR count). The van der Waals surface area contributed by atoms with Crippen molar-refractivity contribution >= 4 is 11.7 Å². The number of nitrogens with zero attached hydrogens (tertiary/aromatic N) is 3. The summed E-state index contributed by atoms with van der Waals surface area (Å²) in [5.74, 6) is 0.206. The van der Waals surface area contributed by atoms with E-state index in [1.165, 1.54) is 12.1 Å². The second-order valence-corrected chi connectivity index (χ2v) is 7.40. The van der Waals surface area contributed by atoms with E-state index in [2.05, 4.69) is 15.2 Å². The van der Waals surface area contributed by atoms with Crippen molar-refractivity contribution in [3.05, 3.63) is 60.2 Å². The van der Waals surface area contributed by atoms with Gasteiger partial charge in [-0.15, -0.1) is 0 Å². The molecular weight excluding hydrogens is 343 g/mol. The number of halogens is 1. The Morgan fingerprint density at radius 2 is 1.89 bits per heavy atom. The Balaban J connectivity index is 1.30. The van der Waals surface area contributed by atoms with Crippen LogP contribution in [0.15, 0.2) is 48.8 Å². The number of hydrogen-bond donors (Lipinski definition) is 1. The molecule has 2 aliphatic rings. The smallest absolute Gasteiger partial charge is 0.317 e. The molecule has 6 heteroatoms. The Kier molecular flexibility index (Phi) is 5.23. The average Bonchev–Trinajstić information content (AvgIpc) is 3.37. The Labute approximate surface area is 159 Å². The lowest BCUT2D eigenvalue weighted by atomic mass is 10.1. The average molecular weight is 368 g/mol. The van der Waals surface area contributed by atoms with Gasteiger partial charge in [-0.25, -0.2) is 9.18 Å². The first-order valence-corrected chi connectivity index (χ1v) is 9.65. The van der Waals surface area contributed by atoms with Gasteiger partial charge in [0.25, 0.3) is 0 Å². The summed E-state index contributed by atoms with van der Waals surface area (Å²) in [6.45, 7) is 3.30. The number of aromatic nitrogens is 1. The van der Waals surface area contributed by atoms with Gasteiger partial charge in [-0.2, -0.15) is 0 Å². The molecule has 2 aliphatic heterocycles. The van der Waals surface area contributed by atoms with E-state index < -0.39 is 0 Å². The Hall–Kier alpha value is -2.63. The van der Waals surface area contributed by atoms with Gasteiger partial charge in [0.1, 0.15) is 5.82 Å². The fourth-order valence-electron chi connectivity index (χ4n) is 4.16. The predicted molar refractivity (Wildman–Crippen MR) is 103 cm³/mol. The predicted octanol–water partition coefficient (Wildman–Crippen LogP) is 3.59. The zero-order valence-corrected chi connectivity index (χ0v) is 15.4. The van der Waals surface area contributed by atoms with Crippen LogP contribution in [0.25, 0.3) is 0 Å². The molecule has 1 aromatic heterocycles. The minimum absolute atomic E-state index is 0.0227. The molecule has 3 heterocycles. The van der Waals surface area contributed by atoms with E-state index >= 15 is 0 Å². The quantitative estimate of drug-likeness (QED) is 0.897. The van der Waals surface area contributed by atoms with Crippen molar-refractivity contribution in [2.75, 3.05) is 31.1 Å². The van der Waals surface area contributed by atoms with E-state index in [0.717, 1.165) is 50.1 Å². The van der Waals surface area contributed by atoms with Gasteiger partial charge in [-0.1, -0.05) is 0 Å². The molecule has 5 nitrogen and oxygen atoms in total. The van der Waals surface area contributed by atoms with Gasteiger partial charge in [-0.05, 0) is 67.1 Å². The number of hydrogen-bond acceptors (Lipinski definition) is 3. The molecule has 0 bridgehead atoms. The highest BCUT2D eigenvalue weighted by atomic mass is 19.1. The summed E-state index contributed by atoms with van der Waals surface area (Å²) in [5.41, 5.74) is 2.20. The van der Waals surface area contributed by atoms with E-state index in [-0.39, 0.29) is 17.9 Å². The van der Waals surface area contributed by atoms with Crippen LogP contribution in [0.1, 0.15) is 30.9 Å². The topological polar surface area (TPSA) is 48.5 Å². The molecule has 0 aliphatic carbocycles. The second kappa shape index (κ2) is 7.94. The number of anilines is 1. The summed E-state index contributed by atoms with van der Waals surface area (Å²) in [4.78, 5) is 21.0. The van der Waals surface area contributed by atoms with Crippen molar-refractivity contribution in [3.63, 3.8) is 0 Å². The lowest BCUT2D eigenvalue weighted by molar-refractivity contribution is 0.191. The normalized spacial score (nSPS) is 22.3. The third-order valence-electron chi connectivity index (χ3n) is 5.62. The summed E-state index contributed by atoms with van der Waals surface area (Å²) < 4.78 is 13.1. The van der Waals surface area contributed by atoms with E-state index in [1.54, 1.807) is 12.4 Å². The maximum Gasteiger partial charge on any atom is 0.317 e. The molecule has 142 valence electrons. The van der Waals surface area contributed by atoms with Crippen LogP contribution in [0.5, 0.6) is 0 Å². The van der Waals surface area contributed by atoms with Crippen LogP contribution in [0.3, 0.4) is 0 Å². The number of carbonyl (C=O) groups is 1. The van der Waals surface area contributed by atoms with Gasteiger partial charge < -0.3 is 15.1 Å². The van der Waals surface area contributed by atoms with Crippen LogP contribution < -0.4 is 10.2 Å². The van der Waals surface area contributed by atoms with Gasteiger partial charge >= 0.3 is 6.03 Å². The third kappa shape index (κ3) is 4.04. The molecule has 0 saturated carbocycles. The zero-order chi connectivity index (χ0) is 18.6. The minimum atomic E-state index is -0.212. The number of nitrogens with one attached hydrogen (secondary N) is 1. The van der Waals surface area contributed by atoms with Crippen molar-refractivity contribution in [1.29, 1.82) is 0 Å². The lowest BCUT2D eigenvalue weighted by Gasteiger charge is -2.26. The summed E-state index contributed by atoms with van der Waals surface area (Å²) >= 11 is 0. The summed E-state index contributed by atoms with van der Waals surface area (Å²) in [7, 11) is 0. The first kappa shape index (κ1) is 17.8. The van der Waals surface area contributed by atoms with Gasteiger partial charge in [0.05, 0.1) is 6.04 Å². The highest BCUT2D eigenvalue weighted by Crippen LogP contribution is 2.31. The minimum Gasteiger partial charge on any atom is -0.371 e. The SMILES string of the molecule is O=C(NC[C@@H]1CCN(c2ccc(F)cc2)C1)N1CCC[C@@H]1c1ccncc1. The van der Waals surface area contributed by atoms with Crippen molar-refractivity contribution in [2.45, 2.75) is 25.3 Å². The summed E-state index contributed by atoms with van der Waals surface area (Å²) in [5, 5.41) is 3.13. The van der Waals surface area contributed by atoms with Crippen LogP contribution in [0.2, 0.25) is 0 Å². The number of likely N-dealkylation sites (tertiary alicyclic amines) is 1. The number of urea groups is 1. The summed E-state index contributed by atoms with van der Waals surface area (Å²) in [6, 6.07) is 10.8. The van der Waals surface area contributed by atoms with E-state index in [1.807, 2.05) is 29.2 Å². The van der Waals surface area contributed by atoms with Gasteiger partial charge in [0.2, 0.25) is 0 Å². The van der Waals surface area contributed by atoms with Crippen molar-refractivity contribution in [2.24, 2.45) is 5.92 Å². The molecule has 1 aromatic carbocycles. The first-order chi connectivity index (χ1) is 13.2. The number of carbonyl (C=O) groups excluding carboxylic acids is 1. The number of rotatable bonds is 4. The van der Waals surface area contributed by atoms with Crippen molar-refractivity contribution < 1.29 is 9.18 Å². The molecule has 2 amide bonds. The third-order valence-corrected chi connectivity index (χ3v) is 5.62. The molecule has 27 heavy (non-hydrogen) atoms. The van der Waals surface area contributed by atoms with Gasteiger partial charge in [0.15, 0.2) is 0 Å². The molecule has 0 spiro atoms. The van der Waals surface area contributed by atoms with Gasteiger partial charge in [0, 0.05) is 44.3 Å². The number of amides is 2. The molecular formula is C21H25FN4O. The number of pyridine rings is 1. The van der Waals surface area contributed by atoms with Crippen LogP contribution in [-0.2, 0) is 0 Å². The Morgan fingerprint density at radius 3 is 2.67 bits per heavy atom. The van der Waals surface area contributed by atoms with Crippen LogP contribution in [-0.4, -0.2) is 42.1 Å². The highest BCUT2D eigenvalue weighted by Gasteiger charge is 2.31. The Morgan fingerprint density at radius 1 is 1.11 bits per heavy atom. The fraction of sp³-hybridized carbons (Fsp3) is 0.429. The molecule has 2 aromatic rings. The van der Waals surface area contributed by atoms with Gasteiger partial charge in [-0.3, -0.25) is 4.98 Å². The molecule has 0 unspecified atom stereocenters. The summed E-state index contributed by atoms with van der Waals surface area (Å²) in [6.07, 6.45) is 6.63. The van der Waals surface area contributed by atoms with E-state index in [0.29, 0.717) is 12.5 Å². The second-order valence-electron chi connectivity index (χ2n) is 7.40. The molecule has 2 saturated heterocycles. The first-order valence-electron chi connectivity index (χ1n) is 9.65. The highest BCUT2D eigenvalue weighted by molar-refractivity contribution is 5.75. The fourth-order valence-corrected chi connectivity index (χ4v) is 4.16. The largest absolute Gasteiger partial charge is 0.371 e. The van der Waals surface area contributed by atoms with Crippen LogP contribution >= 0.6 is 0 Å². The van der Waals surface area contributed by atoms with Crippen molar-refractivity contribution in [3.8, 4) is 0 Å². The monoisotopic (exact) mass is 368 g/mol. The molecule has 2 fully saturated rings. The van der Waals surface area contributed by atoms with E-state index in [4.69, 9.17) is 0 Å². The van der Waals surface area contributed by atoms with Crippen LogP contribution in [0.4, 0.5) is 14.9 Å². The molecule has 2 atom stereocenters. The van der Waals surface area contributed by atoms with Crippen LogP contribution in [0, 0.1) is 11.7 Å². The molecule has 1 N–H and O–H groups in total. The lowest BCUT2D eigenvalue weighted by Crippen LogP contribution is -2.41. The van der Waals surface area contributed by atoms with E-state index in [9.17, 15) is 9.18 Å². The standard InChI is InChI=1S/C21H25FN4O/c22-18-3-5-19(6-4-18)25-13-9-16(15-25)14-24-21(27)26-12-1-2-20(26)17-7-10-23-11-8-17/h3-8,10-11,16,20H,1-2,9,12-15H2,(H,24,27)/t16-,20+/m0/s1. The maximum absolute atomic E-state index is 13.1. The van der Waals surface area contributed by atoms with Crippen molar-refractivity contribution in [1.82, 2.24) is 15.2 Å². The number of benzene rings is 1.